The van der Waals surface area contributed by atoms with E-state index in [0.29, 0.717) is 30.0 Å². The normalized spacial score (nSPS) is 22.1. The average Bonchev–Trinajstić information content (AvgIpc) is 3.67. The van der Waals surface area contributed by atoms with Crippen LogP contribution < -0.4 is 5.32 Å². The highest BCUT2D eigenvalue weighted by atomic mass is 19.4. The second kappa shape index (κ2) is 17.3. The molecule has 0 bridgehead atoms. The van der Waals surface area contributed by atoms with Crippen LogP contribution in [0.4, 0.5) is 13.2 Å². The molecule has 4 aromatic rings. The maximum atomic E-state index is 13.1. The van der Waals surface area contributed by atoms with E-state index in [-0.39, 0.29) is 50.0 Å². The summed E-state index contributed by atoms with van der Waals surface area (Å²) < 4.78 is 52.4. The molecule has 13 heteroatoms. The molecule has 2 amide bonds. The van der Waals surface area contributed by atoms with Crippen molar-refractivity contribution in [3.8, 4) is 16.9 Å². The second-order valence-electron chi connectivity index (χ2n) is 14.3. The standard InChI is InChI=1S/C42H46F3N3O7/c1-26-37(24-47(2)23-36(51)33-8-4-9-34(50)21-33)54-40(55-38(26)30-13-11-27(25-49)12-14-30)31-17-15-29(16-18-31)32-7-3-6-28(20-32)22-46-39(52)35-10-5-19-48(35)41(53)42(43,44)45/h3-4,6-9,11-18,20-21,26,35-38,40,49-51H,5,10,19,22-25H2,1-2H3,(H,46,52)/t26-,35-,36+,37+,38+,40+/m0/s1. The molecule has 6 rings (SSSR count). The summed E-state index contributed by atoms with van der Waals surface area (Å²) in [5, 5.41) is 33.1. The van der Waals surface area contributed by atoms with Gasteiger partial charge in [-0.1, -0.05) is 85.8 Å². The minimum atomic E-state index is -5.03. The van der Waals surface area contributed by atoms with Gasteiger partial charge in [0, 0.05) is 37.7 Å². The van der Waals surface area contributed by atoms with Crippen molar-refractivity contribution in [3.63, 3.8) is 0 Å². The number of nitrogens with one attached hydrogen (secondary N) is 1. The van der Waals surface area contributed by atoms with Crippen LogP contribution >= 0.6 is 0 Å². The monoisotopic (exact) mass is 761 g/mol. The lowest BCUT2D eigenvalue weighted by Gasteiger charge is -2.42. The first-order chi connectivity index (χ1) is 26.3. The number of aliphatic hydroxyl groups is 2. The predicted octanol–water partition coefficient (Wildman–Crippen LogP) is 6.18. The Kier molecular flexibility index (Phi) is 12.6. The summed E-state index contributed by atoms with van der Waals surface area (Å²) in [7, 11) is 1.91. The lowest BCUT2D eigenvalue weighted by molar-refractivity contribution is -0.276. The number of benzene rings is 4. The number of halogens is 3. The molecule has 4 aromatic carbocycles. The van der Waals surface area contributed by atoms with Gasteiger partial charge in [-0.3, -0.25) is 9.59 Å². The molecule has 0 aliphatic carbocycles. The molecule has 2 fully saturated rings. The molecule has 6 atom stereocenters. The van der Waals surface area contributed by atoms with Crippen LogP contribution in [0.3, 0.4) is 0 Å². The van der Waals surface area contributed by atoms with Crippen molar-refractivity contribution >= 4 is 11.8 Å². The van der Waals surface area contributed by atoms with Crippen LogP contribution in [0.5, 0.6) is 5.75 Å². The summed E-state index contributed by atoms with van der Waals surface area (Å²) in [6.07, 6.45) is -6.71. The molecule has 2 aliphatic heterocycles. The molecular weight excluding hydrogens is 715 g/mol. The Morgan fingerprint density at radius 3 is 2.33 bits per heavy atom. The zero-order valence-corrected chi connectivity index (χ0v) is 30.7. The molecule has 292 valence electrons. The second-order valence-corrected chi connectivity index (χ2v) is 14.3. The van der Waals surface area contributed by atoms with Gasteiger partial charge in [-0.2, -0.15) is 13.2 Å². The van der Waals surface area contributed by atoms with E-state index in [1.165, 1.54) is 0 Å². The number of carbonyl (C=O) groups is 2. The molecule has 2 aliphatic rings. The van der Waals surface area contributed by atoms with Crippen LogP contribution in [0.15, 0.2) is 97.1 Å². The van der Waals surface area contributed by atoms with Crippen LogP contribution in [0.1, 0.15) is 66.1 Å². The molecule has 10 nitrogen and oxygen atoms in total. The number of amides is 2. The van der Waals surface area contributed by atoms with Gasteiger partial charge < -0.3 is 39.9 Å². The number of phenolic OH excluding ortho intramolecular Hbond substituents is 1. The van der Waals surface area contributed by atoms with Crippen LogP contribution in [0, 0.1) is 5.92 Å². The Morgan fingerprint density at radius 2 is 1.64 bits per heavy atom. The summed E-state index contributed by atoms with van der Waals surface area (Å²) in [6.45, 7) is 2.76. The number of ether oxygens (including phenoxy) is 2. The minimum absolute atomic E-state index is 0.0708. The van der Waals surface area contributed by atoms with E-state index in [1.807, 2.05) is 84.7 Å². The molecule has 55 heavy (non-hydrogen) atoms. The lowest BCUT2D eigenvalue weighted by Crippen LogP contribution is -2.50. The Hall–Kier alpha value is -4.79. The molecule has 0 aromatic heterocycles. The molecule has 4 N–H and O–H groups in total. The van der Waals surface area contributed by atoms with E-state index in [2.05, 4.69) is 12.2 Å². The van der Waals surface area contributed by atoms with Crippen molar-refractivity contribution < 1.29 is 47.6 Å². The predicted molar refractivity (Wildman–Crippen MR) is 198 cm³/mol. The van der Waals surface area contributed by atoms with E-state index < -0.39 is 36.4 Å². The summed E-state index contributed by atoms with van der Waals surface area (Å²) in [6, 6.07) is 28.2. The van der Waals surface area contributed by atoms with E-state index in [1.54, 1.807) is 24.3 Å². The third kappa shape index (κ3) is 9.72. The van der Waals surface area contributed by atoms with Gasteiger partial charge in [0.2, 0.25) is 5.91 Å². The van der Waals surface area contributed by atoms with Gasteiger partial charge in [0.05, 0.1) is 24.9 Å². The van der Waals surface area contributed by atoms with Crippen molar-refractivity contribution in [1.82, 2.24) is 15.1 Å². The number of aliphatic hydroxyl groups excluding tert-OH is 2. The Balaban J connectivity index is 1.14. The average molecular weight is 762 g/mol. The maximum absolute atomic E-state index is 13.1. The van der Waals surface area contributed by atoms with Gasteiger partial charge in [0.1, 0.15) is 11.8 Å². The highest BCUT2D eigenvalue weighted by molar-refractivity contribution is 5.90. The van der Waals surface area contributed by atoms with Gasteiger partial charge in [-0.15, -0.1) is 0 Å². The summed E-state index contributed by atoms with van der Waals surface area (Å²) in [5.41, 5.74) is 5.62. The van der Waals surface area contributed by atoms with Crippen LogP contribution in [0.2, 0.25) is 0 Å². The number of rotatable bonds is 12. The molecule has 0 saturated carbocycles. The zero-order valence-electron chi connectivity index (χ0n) is 30.7. The van der Waals surface area contributed by atoms with Gasteiger partial charge >= 0.3 is 12.1 Å². The molecule has 2 saturated heterocycles. The highest BCUT2D eigenvalue weighted by Gasteiger charge is 2.47. The number of nitrogens with zero attached hydrogens (tertiary/aromatic N) is 2. The number of alkyl halides is 3. The lowest BCUT2D eigenvalue weighted by atomic mass is 9.90. The number of likely N-dealkylation sites (N-methyl/N-ethyl adjacent to an activating group) is 1. The van der Waals surface area contributed by atoms with Gasteiger partial charge in [-0.25, -0.2) is 0 Å². The number of likely N-dealkylation sites (tertiary alicyclic amines) is 1. The third-order valence-electron chi connectivity index (χ3n) is 10.3. The van der Waals surface area contributed by atoms with Crippen molar-refractivity contribution in [1.29, 1.82) is 0 Å². The third-order valence-corrected chi connectivity index (χ3v) is 10.3. The molecule has 0 radical (unpaired) electrons. The number of aromatic hydroxyl groups is 1. The summed E-state index contributed by atoms with van der Waals surface area (Å²) in [5.74, 6) is -2.61. The van der Waals surface area contributed by atoms with Gasteiger partial charge in [-0.05, 0) is 71.5 Å². The van der Waals surface area contributed by atoms with Gasteiger partial charge in [0.15, 0.2) is 6.29 Å². The zero-order chi connectivity index (χ0) is 39.3. The van der Waals surface area contributed by atoms with Crippen molar-refractivity contribution in [2.75, 3.05) is 26.7 Å². The maximum Gasteiger partial charge on any atom is 0.471 e. The van der Waals surface area contributed by atoms with Crippen molar-refractivity contribution in [2.45, 2.75) is 69.7 Å². The SMILES string of the molecule is C[C@H]1[C@@H](CN(C)C[C@@H](O)c2cccc(O)c2)O[C@@H](c2ccc(-c3cccc(CNC(=O)[C@@H]4CCCN4C(=O)C(F)(F)F)c3)cc2)O[C@H]1c1ccc(CO)cc1. The first-order valence-corrected chi connectivity index (χ1v) is 18.3. The van der Waals surface area contributed by atoms with Crippen LogP contribution in [-0.2, 0) is 32.2 Å². The highest BCUT2D eigenvalue weighted by Crippen LogP contribution is 2.42. The number of phenols is 1. The summed E-state index contributed by atoms with van der Waals surface area (Å²) in [4.78, 5) is 27.3. The molecule has 0 unspecified atom stereocenters. The fourth-order valence-electron chi connectivity index (χ4n) is 7.29. The number of hydrogen-bond donors (Lipinski definition) is 4. The molecule has 0 spiro atoms. The van der Waals surface area contributed by atoms with Crippen LogP contribution in [-0.4, -0.2) is 81.9 Å². The van der Waals surface area contributed by atoms with Crippen LogP contribution in [0.25, 0.3) is 11.1 Å². The van der Waals surface area contributed by atoms with E-state index in [4.69, 9.17) is 9.47 Å². The number of carbonyl (C=O) groups excluding carboxylic acids is 2. The summed E-state index contributed by atoms with van der Waals surface area (Å²) >= 11 is 0. The van der Waals surface area contributed by atoms with Gasteiger partial charge in [0.25, 0.3) is 0 Å². The molecular formula is C42H46F3N3O7. The quantitative estimate of drug-likeness (QED) is 0.135. The topological polar surface area (TPSA) is 132 Å². The van der Waals surface area contributed by atoms with Crippen molar-refractivity contribution in [2.24, 2.45) is 5.92 Å². The smallest absolute Gasteiger partial charge is 0.471 e. The minimum Gasteiger partial charge on any atom is -0.508 e. The van der Waals surface area contributed by atoms with E-state index >= 15 is 0 Å². The van der Waals surface area contributed by atoms with E-state index in [9.17, 15) is 38.1 Å². The Bertz CT molecular complexity index is 1920. The Labute approximate surface area is 318 Å². The Morgan fingerprint density at radius 1 is 0.927 bits per heavy atom. The number of hydrogen-bond acceptors (Lipinski definition) is 8. The fraction of sp³-hybridized carbons (Fsp3) is 0.381. The first-order valence-electron chi connectivity index (χ1n) is 18.3. The molecule has 2 heterocycles. The fourth-order valence-corrected chi connectivity index (χ4v) is 7.29. The largest absolute Gasteiger partial charge is 0.508 e. The van der Waals surface area contributed by atoms with E-state index in [0.717, 1.165) is 33.4 Å². The first kappa shape index (κ1) is 39.9. The van der Waals surface area contributed by atoms with Crippen molar-refractivity contribution in [3.05, 3.63) is 125 Å².